The third-order valence-corrected chi connectivity index (χ3v) is 2.94. The Morgan fingerprint density at radius 2 is 2.10 bits per heavy atom. The highest BCUT2D eigenvalue weighted by Gasteiger charge is 2.11. The monoisotopic (exact) mass is 286 g/mol. The van der Waals surface area contributed by atoms with Gasteiger partial charge >= 0.3 is 0 Å². The Balaban J connectivity index is 2.13. The number of carbonyl (C=O) groups excluding carboxylic acids is 1. The van der Waals surface area contributed by atoms with Crippen LogP contribution in [0.4, 0.5) is 0 Å². The molecule has 110 valence electrons. The summed E-state index contributed by atoms with van der Waals surface area (Å²) in [6, 6.07) is 8.64. The molecule has 0 bridgehead atoms. The minimum absolute atomic E-state index is 0.105. The Bertz CT molecular complexity index is 665. The number of nitrogens with zero attached hydrogens (tertiary/aromatic N) is 2. The molecule has 0 atom stereocenters. The maximum absolute atomic E-state index is 12.0. The zero-order chi connectivity index (χ0) is 15.2. The minimum Gasteiger partial charge on any atom is -0.351 e. The average Bonchev–Trinajstić information content (AvgIpc) is 2.47. The van der Waals surface area contributed by atoms with Crippen molar-refractivity contribution in [3.63, 3.8) is 0 Å². The zero-order valence-corrected chi connectivity index (χ0v) is 12.1. The predicted octanol–water partition coefficient (Wildman–Crippen LogP) is 0.728. The predicted molar refractivity (Wildman–Crippen MR) is 81.2 cm³/mol. The van der Waals surface area contributed by atoms with Gasteiger partial charge in [0, 0.05) is 19.3 Å². The van der Waals surface area contributed by atoms with Crippen LogP contribution in [0.1, 0.15) is 10.4 Å². The molecule has 21 heavy (non-hydrogen) atoms. The summed E-state index contributed by atoms with van der Waals surface area (Å²) in [6.45, 7) is 1.21. The summed E-state index contributed by atoms with van der Waals surface area (Å²) in [4.78, 5) is 32.7. The first-order valence-corrected chi connectivity index (χ1v) is 6.65. The number of carbonyl (C=O) groups is 1. The molecular formula is C15H18N4O2. The highest BCUT2D eigenvalue weighted by molar-refractivity contribution is 5.94. The SMILES string of the molecule is CN(C)CCNC(=O)c1ccc(-c2ccccn2)[nH]c1=O. The standard InChI is InChI=1S/C15H18N4O2/c1-19(2)10-9-17-14(20)11-6-7-13(18-15(11)21)12-5-3-4-8-16-12/h3-8H,9-10H2,1-2H3,(H,17,20)(H,18,21). The van der Waals surface area contributed by atoms with Crippen LogP contribution in [0, 0.1) is 0 Å². The zero-order valence-electron chi connectivity index (χ0n) is 12.1. The van der Waals surface area contributed by atoms with E-state index in [1.807, 2.05) is 25.1 Å². The van der Waals surface area contributed by atoms with Gasteiger partial charge < -0.3 is 15.2 Å². The van der Waals surface area contributed by atoms with Crippen molar-refractivity contribution in [2.45, 2.75) is 0 Å². The van der Waals surface area contributed by atoms with E-state index in [1.54, 1.807) is 24.4 Å². The second-order valence-electron chi connectivity index (χ2n) is 4.89. The van der Waals surface area contributed by atoms with Crippen molar-refractivity contribution in [1.29, 1.82) is 0 Å². The molecular weight excluding hydrogens is 268 g/mol. The number of hydrogen-bond acceptors (Lipinski definition) is 4. The van der Waals surface area contributed by atoms with E-state index >= 15 is 0 Å². The average molecular weight is 286 g/mol. The van der Waals surface area contributed by atoms with Gasteiger partial charge in [-0.25, -0.2) is 0 Å². The maximum atomic E-state index is 12.0. The largest absolute Gasteiger partial charge is 0.351 e. The van der Waals surface area contributed by atoms with Crippen LogP contribution in [0.15, 0.2) is 41.3 Å². The van der Waals surface area contributed by atoms with Gasteiger partial charge in [0.2, 0.25) is 0 Å². The van der Waals surface area contributed by atoms with Crippen molar-refractivity contribution >= 4 is 5.91 Å². The summed E-state index contributed by atoms with van der Waals surface area (Å²) in [6.07, 6.45) is 1.65. The Kier molecular flexibility index (Phi) is 4.84. The molecule has 6 nitrogen and oxygen atoms in total. The minimum atomic E-state index is -0.416. The molecule has 0 saturated heterocycles. The molecule has 2 N–H and O–H groups in total. The second-order valence-corrected chi connectivity index (χ2v) is 4.89. The van der Waals surface area contributed by atoms with Crippen molar-refractivity contribution in [3.8, 4) is 11.4 Å². The number of likely N-dealkylation sites (N-methyl/N-ethyl adjacent to an activating group) is 1. The molecule has 0 unspecified atom stereocenters. The molecule has 0 spiro atoms. The van der Waals surface area contributed by atoms with Gasteiger partial charge in [-0.1, -0.05) is 6.07 Å². The number of nitrogens with one attached hydrogen (secondary N) is 2. The molecule has 0 aromatic carbocycles. The third kappa shape index (κ3) is 4.00. The van der Waals surface area contributed by atoms with Crippen LogP contribution in [-0.2, 0) is 0 Å². The molecule has 6 heteroatoms. The number of H-pyrrole nitrogens is 1. The number of aromatic nitrogens is 2. The number of hydrogen-bond donors (Lipinski definition) is 2. The molecule has 2 aromatic rings. The van der Waals surface area contributed by atoms with Crippen LogP contribution >= 0.6 is 0 Å². The molecule has 0 radical (unpaired) electrons. The van der Waals surface area contributed by atoms with Crippen LogP contribution in [0.25, 0.3) is 11.4 Å². The van der Waals surface area contributed by atoms with Crippen molar-refractivity contribution < 1.29 is 4.79 Å². The molecule has 2 aromatic heterocycles. The first kappa shape index (κ1) is 14.9. The number of rotatable bonds is 5. The van der Waals surface area contributed by atoms with Gasteiger partial charge in [-0.2, -0.15) is 0 Å². The van der Waals surface area contributed by atoms with E-state index in [1.165, 1.54) is 6.07 Å². The van der Waals surface area contributed by atoms with Crippen LogP contribution in [0.3, 0.4) is 0 Å². The maximum Gasteiger partial charge on any atom is 0.261 e. The molecule has 1 amide bonds. The normalized spacial score (nSPS) is 10.6. The summed E-state index contributed by atoms with van der Waals surface area (Å²) in [5.41, 5.74) is 0.938. The van der Waals surface area contributed by atoms with E-state index in [2.05, 4.69) is 15.3 Å². The fourth-order valence-electron chi connectivity index (χ4n) is 1.81. The Morgan fingerprint density at radius 3 is 2.71 bits per heavy atom. The van der Waals surface area contributed by atoms with Crippen LogP contribution in [0.5, 0.6) is 0 Å². The smallest absolute Gasteiger partial charge is 0.261 e. The van der Waals surface area contributed by atoms with Gasteiger partial charge in [-0.05, 0) is 38.4 Å². The lowest BCUT2D eigenvalue weighted by molar-refractivity contribution is 0.0949. The topological polar surface area (TPSA) is 78.1 Å². The Labute approximate surface area is 122 Å². The van der Waals surface area contributed by atoms with Gasteiger partial charge in [-0.15, -0.1) is 0 Å². The van der Waals surface area contributed by atoms with Crippen molar-refractivity contribution in [1.82, 2.24) is 20.2 Å². The van der Waals surface area contributed by atoms with Crippen molar-refractivity contribution in [2.75, 3.05) is 27.2 Å². The summed E-state index contributed by atoms with van der Waals surface area (Å²) in [5.74, 6) is -0.370. The van der Waals surface area contributed by atoms with Gasteiger partial charge in [0.05, 0.1) is 11.4 Å². The molecule has 0 saturated carbocycles. The van der Waals surface area contributed by atoms with Crippen molar-refractivity contribution in [2.24, 2.45) is 0 Å². The Morgan fingerprint density at radius 1 is 1.29 bits per heavy atom. The lowest BCUT2D eigenvalue weighted by Gasteiger charge is -2.10. The number of amides is 1. The quantitative estimate of drug-likeness (QED) is 0.849. The fourth-order valence-corrected chi connectivity index (χ4v) is 1.81. The van der Waals surface area contributed by atoms with Gasteiger partial charge in [0.15, 0.2) is 0 Å². The molecule has 0 aliphatic carbocycles. The second kappa shape index (κ2) is 6.81. The van der Waals surface area contributed by atoms with Crippen molar-refractivity contribution in [3.05, 3.63) is 52.4 Å². The van der Waals surface area contributed by atoms with Gasteiger partial charge in [0.1, 0.15) is 5.56 Å². The Hall–Kier alpha value is -2.47. The van der Waals surface area contributed by atoms with E-state index in [9.17, 15) is 9.59 Å². The van der Waals surface area contributed by atoms with E-state index in [-0.39, 0.29) is 11.5 Å². The van der Waals surface area contributed by atoms with Crippen LogP contribution in [-0.4, -0.2) is 48.0 Å². The van der Waals surface area contributed by atoms with E-state index in [0.717, 1.165) is 6.54 Å². The van der Waals surface area contributed by atoms with E-state index < -0.39 is 5.56 Å². The molecule has 2 rings (SSSR count). The van der Waals surface area contributed by atoms with E-state index in [4.69, 9.17) is 0 Å². The van der Waals surface area contributed by atoms with Gasteiger partial charge in [0.25, 0.3) is 11.5 Å². The molecule has 0 aliphatic rings. The summed E-state index contributed by atoms with van der Waals surface area (Å²) in [5, 5.41) is 2.71. The molecule has 0 aliphatic heterocycles. The number of aromatic amines is 1. The molecule has 0 fully saturated rings. The first-order valence-electron chi connectivity index (χ1n) is 6.65. The van der Waals surface area contributed by atoms with Gasteiger partial charge in [-0.3, -0.25) is 14.6 Å². The number of pyridine rings is 2. The van der Waals surface area contributed by atoms with Crippen LogP contribution in [0.2, 0.25) is 0 Å². The van der Waals surface area contributed by atoms with E-state index in [0.29, 0.717) is 17.9 Å². The molecule has 2 heterocycles. The lowest BCUT2D eigenvalue weighted by Crippen LogP contribution is -2.34. The third-order valence-electron chi connectivity index (χ3n) is 2.94. The highest BCUT2D eigenvalue weighted by atomic mass is 16.2. The highest BCUT2D eigenvalue weighted by Crippen LogP contribution is 2.11. The summed E-state index contributed by atoms with van der Waals surface area (Å²) in [7, 11) is 3.83. The lowest BCUT2D eigenvalue weighted by atomic mass is 10.2. The van der Waals surface area contributed by atoms with Crippen LogP contribution < -0.4 is 10.9 Å². The fraction of sp³-hybridized carbons (Fsp3) is 0.267. The summed E-state index contributed by atoms with van der Waals surface area (Å²) >= 11 is 0. The first-order chi connectivity index (χ1) is 10.1. The summed E-state index contributed by atoms with van der Waals surface area (Å²) < 4.78 is 0.